The Bertz CT molecular complexity index is 2450. The van der Waals surface area contributed by atoms with Crippen LogP contribution in [0.25, 0.3) is 77.7 Å². The van der Waals surface area contributed by atoms with Crippen molar-refractivity contribution < 1.29 is 22.1 Å². The van der Waals surface area contributed by atoms with Crippen molar-refractivity contribution in [2.24, 2.45) is 0 Å². The Morgan fingerprint density at radius 3 is 1.88 bits per heavy atom. The third kappa shape index (κ3) is 3.61. The molecule has 0 bridgehead atoms. The molecule has 5 heterocycles. The number of nitrogens with zero attached hydrogens (tertiary/aromatic N) is 1. The molecule has 0 amide bonds. The van der Waals surface area contributed by atoms with E-state index in [1.165, 1.54) is 0 Å². The zero-order valence-corrected chi connectivity index (χ0v) is 22.7. The SMILES string of the molecule is CCN(CC)c1ccc2cc(-c3cc4oc5cc(-c6cc7ccc8ccccc8c7oc6=O)oc5c4o3)c(=O)oc2c1. The van der Waals surface area contributed by atoms with Gasteiger partial charge in [0.15, 0.2) is 11.2 Å². The lowest BCUT2D eigenvalue weighted by atomic mass is 10.1. The van der Waals surface area contributed by atoms with Crippen molar-refractivity contribution in [3.8, 4) is 22.6 Å². The van der Waals surface area contributed by atoms with Crippen LogP contribution in [0.5, 0.6) is 0 Å². The van der Waals surface area contributed by atoms with Crippen LogP contribution < -0.4 is 16.2 Å². The number of fused-ring (bicyclic) bond motifs is 7. The predicted molar refractivity (Wildman–Crippen MR) is 162 cm³/mol. The summed E-state index contributed by atoms with van der Waals surface area (Å²) >= 11 is 0. The van der Waals surface area contributed by atoms with Gasteiger partial charge in [-0.15, -0.1) is 0 Å². The maximum absolute atomic E-state index is 13.0. The third-order valence-electron chi connectivity index (χ3n) is 7.83. The van der Waals surface area contributed by atoms with Crippen molar-refractivity contribution in [2.75, 3.05) is 18.0 Å². The Balaban J connectivity index is 1.20. The zero-order valence-electron chi connectivity index (χ0n) is 22.7. The van der Waals surface area contributed by atoms with Gasteiger partial charge in [0.05, 0.1) is 0 Å². The molecule has 0 aliphatic carbocycles. The average Bonchev–Trinajstić information content (AvgIpc) is 3.68. The lowest BCUT2D eigenvalue weighted by Gasteiger charge is -2.20. The first-order chi connectivity index (χ1) is 20.5. The summed E-state index contributed by atoms with van der Waals surface area (Å²) in [6.45, 7) is 5.86. The van der Waals surface area contributed by atoms with E-state index in [0.717, 1.165) is 40.3 Å². The van der Waals surface area contributed by atoms with Crippen molar-refractivity contribution in [1.29, 1.82) is 0 Å². The number of rotatable bonds is 5. The van der Waals surface area contributed by atoms with Crippen LogP contribution >= 0.6 is 0 Å². The fourth-order valence-electron chi connectivity index (χ4n) is 5.68. The van der Waals surface area contributed by atoms with Crippen LogP contribution in [0, 0.1) is 0 Å². The quantitative estimate of drug-likeness (QED) is 0.154. The standard InChI is InChI=1S/C34H23NO7/c1-3-35(4-2)21-12-11-19-13-23(33(36)41-25(19)15-21)26-16-28-31(39-26)32-29(38-28)17-27(40-32)24-14-20-10-9-18-7-5-6-8-22(18)30(20)42-34(24)37/h5-17H,3-4H2,1-2H3. The molecule has 0 atom stereocenters. The topological polar surface area (TPSA) is 103 Å². The highest BCUT2D eigenvalue weighted by atomic mass is 16.4. The molecule has 0 radical (unpaired) electrons. The Kier molecular flexibility index (Phi) is 5.21. The minimum Gasteiger partial charge on any atom is -0.449 e. The second-order valence-corrected chi connectivity index (χ2v) is 10.2. The van der Waals surface area contributed by atoms with Gasteiger partial charge in [0.1, 0.15) is 33.8 Å². The average molecular weight is 558 g/mol. The van der Waals surface area contributed by atoms with Crippen LogP contribution in [0.4, 0.5) is 5.69 Å². The second kappa shape index (κ2) is 9.01. The van der Waals surface area contributed by atoms with Gasteiger partial charge in [0, 0.05) is 53.1 Å². The van der Waals surface area contributed by atoms with Crippen molar-refractivity contribution in [2.45, 2.75) is 13.8 Å². The maximum Gasteiger partial charge on any atom is 0.347 e. The third-order valence-corrected chi connectivity index (χ3v) is 7.83. The lowest BCUT2D eigenvalue weighted by molar-refractivity contribution is 0.551. The summed E-state index contributed by atoms with van der Waals surface area (Å²) < 4.78 is 29.6. The molecule has 0 fully saturated rings. The summed E-state index contributed by atoms with van der Waals surface area (Å²) in [7, 11) is 0. The highest BCUT2D eigenvalue weighted by Gasteiger charge is 2.23. The Labute approximate surface area is 236 Å². The fourth-order valence-corrected chi connectivity index (χ4v) is 5.68. The molecule has 0 saturated carbocycles. The highest BCUT2D eigenvalue weighted by molar-refractivity contribution is 6.05. The Morgan fingerprint density at radius 2 is 1.17 bits per heavy atom. The zero-order chi connectivity index (χ0) is 28.5. The summed E-state index contributed by atoms with van der Waals surface area (Å²) in [5.74, 6) is 0.589. The van der Waals surface area contributed by atoms with Crippen molar-refractivity contribution >= 4 is 60.7 Å². The van der Waals surface area contributed by atoms with E-state index in [9.17, 15) is 9.59 Å². The fraction of sp³-hybridized carbons (Fsp3) is 0.118. The van der Waals surface area contributed by atoms with Crippen LogP contribution in [0.3, 0.4) is 0 Å². The van der Waals surface area contributed by atoms with Crippen LogP contribution in [-0.2, 0) is 0 Å². The van der Waals surface area contributed by atoms with Gasteiger partial charge in [0.2, 0.25) is 11.2 Å². The van der Waals surface area contributed by atoms with Gasteiger partial charge in [-0.3, -0.25) is 0 Å². The summed E-state index contributed by atoms with van der Waals surface area (Å²) in [4.78, 5) is 28.2. The second-order valence-electron chi connectivity index (χ2n) is 10.2. The monoisotopic (exact) mass is 557 g/mol. The molecule has 0 saturated heterocycles. The summed E-state index contributed by atoms with van der Waals surface area (Å²) in [5.41, 5.74) is 3.00. The van der Waals surface area contributed by atoms with Crippen LogP contribution in [0.2, 0.25) is 0 Å². The molecule has 42 heavy (non-hydrogen) atoms. The molecule has 8 aromatic rings. The first-order valence-electron chi connectivity index (χ1n) is 13.8. The minimum atomic E-state index is -0.524. The van der Waals surface area contributed by atoms with E-state index in [0.29, 0.717) is 45.0 Å². The van der Waals surface area contributed by atoms with E-state index >= 15 is 0 Å². The molecular weight excluding hydrogens is 534 g/mol. The molecule has 5 aromatic heterocycles. The number of hydrogen-bond acceptors (Lipinski definition) is 8. The van der Waals surface area contributed by atoms with Gasteiger partial charge in [-0.25, -0.2) is 9.59 Å². The van der Waals surface area contributed by atoms with Gasteiger partial charge in [-0.2, -0.15) is 0 Å². The summed E-state index contributed by atoms with van der Waals surface area (Å²) in [6.07, 6.45) is 0. The van der Waals surface area contributed by atoms with Crippen LogP contribution in [0.15, 0.2) is 111 Å². The molecule has 0 aliphatic heterocycles. The molecule has 206 valence electrons. The maximum atomic E-state index is 13.0. The van der Waals surface area contributed by atoms with Gasteiger partial charge in [-0.1, -0.05) is 36.4 Å². The van der Waals surface area contributed by atoms with Gasteiger partial charge < -0.3 is 27.0 Å². The molecule has 8 rings (SSSR count). The molecule has 0 spiro atoms. The van der Waals surface area contributed by atoms with E-state index < -0.39 is 11.3 Å². The van der Waals surface area contributed by atoms with E-state index in [-0.39, 0.29) is 11.1 Å². The van der Waals surface area contributed by atoms with E-state index in [2.05, 4.69) is 18.7 Å². The molecular formula is C34H23NO7. The molecule has 0 N–H and O–H groups in total. The molecule has 0 aliphatic rings. The van der Waals surface area contributed by atoms with Crippen molar-refractivity contribution in [1.82, 2.24) is 0 Å². The van der Waals surface area contributed by atoms with Crippen molar-refractivity contribution in [3.63, 3.8) is 0 Å². The molecule has 8 heteroatoms. The predicted octanol–water partition coefficient (Wildman–Crippen LogP) is 8.32. The summed E-state index contributed by atoms with van der Waals surface area (Å²) in [5, 5.41) is 3.39. The Morgan fingerprint density at radius 1 is 0.548 bits per heavy atom. The van der Waals surface area contributed by atoms with Crippen LogP contribution in [-0.4, -0.2) is 13.1 Å². The number of benzene rings is 3. The smallest absolute Gasteiger partial charge is 0.347 e. The van der Waals surface area contributed by atoms with Gasteiger partial charge in [0.25, 0.3) is 0 Å². The molecule has 3 aromatic carbocycles. The molecule has 0 unspecified atom stereocenters. The first-order valence-corrected chi connectivity index (χ1v) is 13.8. The lowest BCUT2D eigenvalue weighted by Crippen LogP contribution is -2.21. The number of furan rings is 3. The largest absolute Gasteiger partial charge is 0.449 e. The minimum absolute atomic E-state index is 0.267. The first kappa shape index (κ1) is 24.3. The van der Waals surface area contributed by atoms with Crippen molar-refractivity contribution in [3.05, 3.63) is 99.7 Å². The highest BCUT2D eigenvalue weighted by Crippen LogP contribution is 2.39. The number of anilines is 1. The molecule has 8 nitrogen and oxygen atoms in total. The number of hydrogen-bond donors (Lipinski definition) is 0. The van der Waals surface area contributed by atoms with Gasteiger partial charge >= 0.3 is 11.3 Å². The van der Waals surface area contributed by atoms with E-state index in [4.69, 9.17) is 22.1 Å². The summed E-state index contributed by atoms with van der Waals surface area (Å²) in [6, 6.07) is 24.2. The van der Waals surface area contributed by atoms with Crippen LogP contribution in [0.1, 0.15) is 13.8 Å². The van der Waals surface area contributed by atoms with Gasteiger partial charge in [-0.05, 0) is 43.5 Å². The normalized spacial score (nSPS) is 12.0. The van der Waals surface area contributed by atoms with E-state index in [1.54, 1.807) is 24.3 Å². The van der Waals surface area contributed by atoms with E-state index in [1.807, 2.05) is 54.6 Å². The Hall–Kier alpha value is -5.50.